The molecule has 0 aliphatic carbocycles. The SMILES string of the molecule is N#Cc1ccc2c(c1)sc1cc(-c3ccccc3-n3c4ccccc4c4cccc(C#N)c43)ccc12. The number of hydrogen-bond donors (Lipinski definition) is 0. The molecule has 0 N–H and O–H groups in total. The van der Waals surface area contributed by atoms with Crippen molar-refractivity contribution in [3.05, 3.63) is 114 Å². The van der Waals surface area contributed by atoms with Crippen molar-refractivity contribution in [1.29, 1.82) is 10.5 Å². The fourth-order valence-electron chi connectivity index (χ4n) is 5.29. The molecular formula is C32H17N3S. The maximum Gasteiger partial charge on any atom is 0.101 e. The molecule has 0 aliphatic heterocycles. The molecule has 0 radical (unpaired) electrons. The molecule has 0 bridgehead atoms. The van der Waals surface area contributed by atoms with Gasteiger partial charge in [-0.1, -0.05) is 66.7 Å². The van der Waals surface area contributed by atoms with Gasteiger partial charge in [-0.3, -0.25) is 0 Å². The van der Waals surface area contributed by atoms with Crippen LogP contribution < -0.4 is 0 Å². The van der Waals surface area contributed by atoms with Crippen LogP contribution in [0.3, 0.4) is 0 Å². The minimum Gasteiger partial charge on any atom is -0.307 e. The summed E-state index contributed by atoms with van der Waals surface area (Å²) in [5.41, 5.74) is 6.61. The number of para-hydroxylation sites is 3. The van der Waals surface area contributed by atoms with Crippen molar-refractivity contribution < 1.29 is 0 Å². The average molecular weight is 476 g/mol. The second kappa shape index (κ2) is 7.82. The fourth-order valence-corrected chi connectivity index (χ4v) is 6.47. The smallest absolute Gasteiger partial charge is 0.101 e. The molecule has 0 saturated heterocycles. The van der Waals surface area contributed by atoms with Crippen molar-refractivity contribution >= 4 is 53.3 Å². The van der Waals surface area contributed by atoms with Crippen LogP contribution in [-0.2, 0) is 0 Å². The number of aromatic nitrogens is 1. The normalized spacial score (nSPS) is 11.3. The van der Waals surface area contributed by atoms with Crippen molar-refractivity contribution in [2.24, 2.45) is 0 Å². The highest BCUT2D eigenvalue weighted by Crippen LogP contribution is 2.40. The van der Waals surface area contributed by atoms with E-state index >= 15 is 0 Å². The summed E-state index contributed by atoms with van der Waals surface area (Å²) in [5, 5.41) is 23.9. The standard InChI is InChI=1S/C32H17N3S/c33-18-20-12-14-25-26-15-13-21(17-31(26)36-30(25)16-20)23-7-1-3-10-28(23)35-29-11-4-2-8-24(29)27-9-5-6-22(19-34)32(27)35/h1-17H. The van der Waals surface area contributed by atoms with E-state index in [1.165, 1.54) is 15.5 Å². The first-order chi connectivity index (χ1) is 17.8. The lowest BCUT2D eigenvalue weighted by Crippen LogP contribution is -1.98. The van der Waals surface area contributed by atoms with Crippen LogP contribution in [0.2, 0.25) is 0 Å². The van der Waals surface area contributed by atoms with E-state index in [0.717, 1.165) is 43.3 Å². The van der Waals surface area contributed by atoms with Gasteiger partial charge in [0.2, 0.25) is 0 Å². The lowest BCUT2D eigenvalue weighted by Gasteiger charge is -2.14. The maximum absolute atomic E-state index is 9.96. The maximum atomic E-state index is 9.96. The van der Waals surface area contributed by atoms with Gasteiger partial charge >= 0.3 is 0 Å². The van der Waals surface area contributed by atoms with Gasteiger partial charge in [0.1, 0.15) is 6.07 Å². The highest BCUT2D eigenvalue weighted by Gasteiger charge is 2.18. The number of rotatable bonds is 2. The molecule has 0 unspecified atom stereocenters. The van der Waals surface area contributed by atoms with Crippen LogP contribution in [0.25, 0.3) is 58.8 Å². The summed E-state index contributed by atoms with van der Waals surface area (Å²) in [4.78, 5) is 0. The zero-order valence-corrected chi connectivity index (χ0v) is 19.9. The average Bonchev–Trinajstić information content (AvgIpc) is 3.47. The molecule has 2 heterocycles. The molecule has 7 aromatic rings. The molecule has 3 nitrogen and oxygen atoms in total. The van der Waals surface area contributed by atoms with Crippen molar-refractivity contribution in [1.82, 2.24) is 4.57 Å². The lowest BCUT2D eigenvalue weighted by atomic mass is 10.0. The third-order valence-electron chi connectivity index (χ3n) is 6.87. The van der Waals surface area contributed by atoms with E-state index < -0.39 is 0 Å². The Morgan fingerprint density at radius 2 is 1.36 bits per heavy atom. The Morgan fingerprint density at radius 3 is 2.22 bits per heavy atom. The number of benzene rings is 5. The molecule has 2 aromatic heterocycles. The van der Waals surface area contributed by atoms with Gasteiger partial charge in [0.25, 0.3) is 0 Å². The van der Waals surface area contributed by atoms with E-state index in [9.17, 15) is 10.5 Å². The molecule has 0 saturated carbocycles. The molecular weight excluding hydrogens is 458 g/mol. The van der Waals surface area contributed by atoms with E-state index in [0.29, 0.717) is 11.1 Å². The Bertz CT molecular complexity index is 2080. The highest BCUT2D eigenvalue weighted by atomic mass is 32.1. The number of thiophene rings is 1. The summed E-state index contributed by atoms with van der Waals surface area (Å²) in [5.74, 6) is 0. The molecule has 0 fully saturated rings. The van der Waals surface area contributed by atoms with Crippen LogP contribution in [0.5, 0.6) is 0 Å². The number of fused-ring (bicyclic) bond motifs is 6. The van der Waals surface area contributed by atoms with Crippen LogP contribution >= 0.6 is 11.3 Å². The summed E-state index contributed by atoms with van der Waals surface area (Å²) in [6, 6.07) is 39.8. The Hall–Kier alpha value is -4.90. The van der Waals surface area contributed by atoms with Gasteiger partial charge < -0.3 is 4.57 Å². The molecule has 7 rings (SSSR count). The number of nitriles is 2. The first-order valence-corrected chi connectivity index (χ1v) is 12.5. The van der Waals surface area contributed by atoms with Crippen LogP contribution in [0.4, 0.5) is 0 Å². The summed E-state index contributed by atoms with van der Waals surface area (Å²) in [6.45, 7) is 0. The largest absolute Gasteiger partial charge is 0.307 e. The molecule has 166 valence electrons. The van der Waals surface area contributed by atoms with E-state index in [1.807, 2.05) is 42.5 Å². The first kappa shape index (κ1) is 20.5. The fraction of sp³-hybridized carbons (Fsp3) is 0. The molecule has 0 amide bonds. The van der Waals surface area contributed by atoms with Gasteiger partial charge in [-0.25, -0.2) is 0 Å². The Morgan fingerprint density at radius 1 is 0.611 bits per heavy atom. The summed E-state index contributed by atoms with van der Waals surface area (Å²) in [6.07, 6.45) is 0. The van der Waals surface area contributed by atoms with Crippen LogP contribution in [0.15, 0.2) is 103 Å². The van der Waals surface area contributed by atoms with Crippen molar-refractivity contribution in [2.45, 2.75) is 0 Å². The van der Waals surface area contributed by atoms with E-state index in [1.54, 1.807) is 11.3 Å². The Labute approximate surface area is 211 Å². The van der Waals surface area contributed by atoms with Gasteiger partial charge in [0.15, 0.2) is 0 Å². The first-order valence-electron chi connectivity index (χ1n) is 11.7. The van der Waals surface area contributed by atoms with Crippen molar-refractivity contribution in [2.75, 3.05) is 0 Å². The summed E-state index contributed by atoms with van der Waals surface area (Å²) in [7, 11) is 0. The van der Waals surface area contributed by atoms with Crippen LogP contribution in [-0.4, -0.2) is 4.57 Å². The molecule has 0 aliphatic rings. The molecule has 4 heteroatoms. The minimum atomic E-state index is 0.659. The summed E-state index contributed by atoms with van der Waals surface area (Å²) < 4.78 is 4.54. The molecule has 5 aromatic carbocycles. The molecule has 0 atom stereocenters. The van der Waals surface area contributed by atoms with E-state index in [2.05, 4.69) is 77.4 Å². The van der Waals surface area contributed by atoms with Gasteiger partial charge in [-0.2, -0.15) is 10.5 Å². The zero-order chi connectivity index (χ0) is 24.2. The monoisotopic (exact) mass is 475 g/mol. The van der Waals surface area contributed by atoms with E-state index in [4.69, 9.17) is 0 Å². The zero-order valence-electron chi connectivity index (χ0n) is 19.1. The molecule has 36 heavy (non-hydrogen) atoms. The molecule has 0 spiro atoms. The Kier molecular flexibility index (Phi) is 4.45. The van der Waals surface area contributed by atoms with Crippen molar-refractivity contribution in [3.8, 4) is 29.0 Å². The predicted molar refractivity (Wildman–Crippen MR) is 149 cm³/mol. The number of nitrogens with zero attached hydrogens (tertiary/aromatic N) is 3. The summed E-state index contributed by atoms with van der Waals surface area (Å²) >= 11 is 1.71. The second-order valence-corrected chi connectivity index (χ2v) is 9.90. The van der Waals surface area contributed by atoms with Crippen LogP contribution in [0, 0.1) is 22.7 Å². The number of hydrogen-bond acceptors (Lipinski definition) is 3. The quantitative estimate of drug-likeness (QED) is 0.251. The van der Waals surface area contributed by atoms with Gasteiger partial charge in [0.05, 0.1) is 33.9 Å². The van der Waals surface area contributed by atoms with Gasteiger partial charge in [-0.05, 0) is 42.0 Å². The third kappa shape index (κ3) is 2.89. The Balaban J connectivity index is 1.52. The predicted octanol–water partition coefficient (Wildman–Crippen LogP) is 8.56. The van der Waals surface area contributed by atoms with Crippen molar-refractivity contribution in [3.63, 3.8) is 0 Å². The highest BCUT2D eigenvalue weighted by molar-refractivity contribution is 7.25. The third-order valence-corrected chi connectivity index (χ3v) is 7.99. The topological polar surface area (TPSA) is 52.5 Å². The van der Waals surface area contributed by atoms with E-state index in [-0.39, 0.29) is 0 Å². The second-order valence-electron chi connectivity index (χ2n) is 8.82. The van der Waals surface area contributed by atoms with Gasteiger partial charge in [-0.15, -0.1) is 11.3 Å². The minimum absolute atomic E-state index is 0.659. The van der Waals surface area contributed by atoms with Crippen LogP contribution in [0.1, 0.15) is 11.1 Å². The van der Waals surface area contributed by atoms with Gasteiger partial charge in [0, 0.05) is 36.5 Å². The lowest BCUT2D eigenvalue weighted by molar-refractivity contribution is 1.18.